The normalized spacial score (nSPS) is 15.0. The van der Waals surface area contributed by atoms with Gasteiger partial charge in [0.25, 0.3) is 6.47 Å². The Labute approximate surface area is 124 Å². The molecule has 0 amide bonds. The quantitative estimate of drug-likeness (QED) is 0.822. The van der Waals surface area contributed by atoms with Crippen molar-refractivity contribution in [3.8, 4) is 0 Å². The van der Waals surface area contributed by atoms with E-state index in [4.69, 9.17) is 10.5 Å². The van der Waals surface area contributed by atoms with Gasteiger partial charge in [-0.3, -0.25) is 4.79 Å². The van der Waals surface area contributed by atoms with Crippen molar-refractivity contribution in [3.63, 3.8) is 0 Å². The van der Waals surface area contributed by atoms with Gasteiger partial charge in [0.1, 0.15) is 5.82 Å². The summed E-state index contributed by atoms with van der Waals surface area (Å²) in [5, 5.41) is 0. The number of anilines is 1. The van der Waals surface area contributed by atoms with E-state index in [9.17, 15) is 4.79 Å². The fourth-order valence-electron chi connectivity index (χ4n) is 1.65. The highest BCUT2D eigenvalue weighted by Crippen LogP contribution is 2.14. The summed E-state index contributed by atoms with van der Waals surface area (Å²) >= 11 is 0. The fraction of sp³-hybridized carbons (Fsp3) is 0.500. The Balaban J connectivity index is 0.000000383. The molecule has 1 aliphatic heterocycles. The molecule has 2 rings (SSSR count). The van der Waals surface area contributed by atoms with Crippen molar-refractivity contribution in [2.24, 2.45) is 5.73 Å². The first-order chi connectivity index (χ1) is 10.2. The van der Waals surface area contributed by atoms with E-state index < -0.39 is 0 Å². The highest BCUT2D eigenvalue weighted by Gasteiger charge is 2.13. The lowest BCUT2D eigenvalue weighted by Gasteiger charge is -2.27. The van der Waals surface area contributed by atoms with Crippen LogP contribution in [0.4, 0.5) is 5.82 Å². The molecule has 0 atom stereocenters. The number of nitrogens with zero attached hydrogens (tertiary/aromatic N) is 3. The van der Waals surface area contributed by atoms with Crippen LogP contribution in [0.2, 0.25) is 0 Å². The molecule has 0 aliphatic carbocycles. The van der Waals surface area contributed by atoms with Gasteiger partial charge in [0.05, 0.1) is 19.8 Å². The zero-order valence-electron chi connectivity index (χ0n) is 12.5. The molecule has 1 saturated heterocycles. The first-order valence-corrected chi connectivity index (χ1v) is 6.82. The van der Waals surface area contributed by atoms with Crippen LogP contribution < -0.4 is 10.6 Å². The molecule has 1 fully saturated rings. The Bertz CT molecular complexity index is 459. The van der Waals surface area contributed by atoms with Gasteiger partial charge < -0.3 is 20.1 Å². The molecule has 0 bridgehead atoms. The third kappa shape index (κ3) is 5.78. The third-order valence-electron chi connectivity index (χ3n) is 2.81. The van der Waals surface area contributed by atoms with Crippen LogP contribution in [0.1, 0.15) is 19.7 Å². The average Bonchev–Trinajstić information content (AvgIpc) is 2.56. The predicted molar refractivity (Wildman–Crippen MR) is 80.6 cm³/mol. The zero-order valence-corrected chi connectivity index (χ0v) is 12.5. The second-order valence-electron chi connectivity index (χ2n) is 4.24. The lowest BCUT2D eigenvalue weighted by molar-refractivity contribution is -0.128. The van der Waals surface area contributed by atoms with Crippen molar-refractivity contribution in [2.75, 3.05) is 37.8 Å². The van der Waals surface area contributed by atoms with Gasteiger partial charge in [0, 0.05) is 31.1 Å². The number of morpholine rings is 1. The number of rotatable bonds is 4. The maximum Gasteiger partial charge on any atom is 0.293 e. The van der Waals surface area contributed by atoms with Gasteiger partial charge in [0.2, 0.25) is 0 Å². The number of carbonyl (C=O) groups excluding carboxylic acids is 1. The maximum atomic E-state index is 9.18. The van der Waals surface area contributed by atoms with Crippen molar-refractivity contribution < 1.29 is 14.3 Å². The highest BCUT2D eigenvalue weighted by atomic mass is 16.5. The summed E-state index contributed by atoms with van der Waals surface area (Å²) in [6.07, 6.45) is 3.29. The lowest BCUT2D eigenvalue weighted by Crippen LogP contribution is -2.36. The fourth-order valence-corrected chi connectivity index (χ4v) is 1.65. The van der Waals surface area contributed by atoms with Crippen LogP contribution in [0.3, 0.4) is 0 Å². The Kier molecular flexibility index (Phi) is 7.81. The molecule has 0 unspecified atom stereocenters. The molecule has 1 aromatic rings. The molecule has 0 spiro atoms. The smallest absolute Gasteiger partial charge is 0.293 e. The predicted octanol–water partition coefficient (Wildman–Crippen LogP) is 0.812. The molecule has 2 heterocycles. The minimum absolute atomic E-state index is 0.431. The summed E-state index contributed by atoms with van der Waals surface area (Å²) in [5.41, 5.74) is 6.34. The summed E-state index contributed by atoms with van der Waals surface area (Å²) in [6, 6.07) is 1.92. The summed E-state index contributed by atoms with van der Waals surface area (Å²) in [5.74, 6) is 1.63. The largest absolute Gasteiger partial charge is 0.468 e. The Morgan fingerprint density at radius 1 is 1.52 bits per heavy atom. The number of nitrogens with two attached hydrogens (primary N) is 1. The van der Waals surface area contributed by atoms with Crippen molar-refractivity contribution in [1.82, 2.24) is 9.97 Å². The van der Waals surface area contributed by atoms with Gasteiger partial charge in [-0.15, -0.1) is 0 Å². The molecular weight excluding hydrogens is 272 g/mol. The molecule has 0 aromatic carbocycles. The van der Waals surface area contributed by atoms with Crippen LogP contribution >= 0.6 is 0 Å². The van der Waals surface area contributed by atoms with Crippen LogP contribution in [0.5, 0.6) is 0 Å². The van der Waals surface area contributed by atoms with Crippen molar-refractivity contribution in [1.29, 1.82) is 0 Å². The van der Waals surface area contributed by atoms with Crippen LogP contribution in [-0.2, 0) is 14.3 Å². The maximum absolute atomic E-state index is 9.18. The zero-order chi connectivity index (χ0) is 15.5. The van der Waals surface area contributed by atoms with E-state index in [0.717, 1.165) is 37.7 Å². The van der Waals surface area contributed by atoms with Crippen LogP contribution in [0.15, 0.2) is 18.5 Å². The Morgan fingerprint density at radius 2 is 2.24 bits per heavy atom. The third-order valence-corrected chi connectivity index (χ3v) is 2.81. The van der Waals surface area contributed by atoms with E-state index in [1.807, 2.05) is 13.0 Å². The second kappa shape index (κ2) is 9.71. The van der Waals surface area contributed by atoms with Gasteiger partial charge >= 0.3 is 0 Å². The van der Waals surface area contributed by atoms with Crippen LogP contribution in [0, 0.1) is 0 Å². The number of hydrogen-bond acceptors (Lipinski definition) is 7. The molecule has 2 N–H and O–H groups in total. The van der Waals surface area contributed by atoms with Crippen LogP contribution in [0.25, 0.3) is 5.57 Å². The van der Waals surface area contributed by atoms with E-state index in [2.05, 4.69) is 19.6 Å². The van der Waals surface area contributed by atoms with Crippen molar-refractivity contribution in [3.05, 3.63) is 24.3 Å². The number of ether oxygens (including phenoxy) is 2. The SMILES string of the molecule is C/C(=C/N)c1nccc(N2CCOCC2)n1.CCOC=O. The molecule has 1 aromatic heterocycles. The molecule has 1 aliphatic rings. The van der Waals surface area contributed by atoms with E-state index in [1.54, 1.807) is 13.1 Å². The lowest BCUT2D eigenvalue weighted by atomic mass is 10.3. The summed E-state index contributed by atoms with van der Waals surface area (Å²) < 4.78 is 9.46. The average molecular weight is 294 g/mol. The standard InChI is InChI=1S/C11H16N4O.C3H6O2/c1-9(8-12)11-13-3-2-10(14-11)15-4-6-16-7-5-15;1-2-5-3-4/h2-3,8H,4-7,12H2,1H3;3H,2H2,1H3/b9-8-;. The Morgan fingerprint density at radius 3 is 2.76 bits per heavy atom. The Hall–Kier alpha value is -2.15. The number of aromatic nitrogens is 2. The van der Waals surface area contributed by atoms with Gasteiger partial charge in [-0.25, -0.2) is 9.97 Å². The van der Waals surface area contributed by atoms with Gasteiger partial charge in [-0.1, -0.05) is 0 Å². The van der Waals surface area contributed by atoms with Gasteiger partial charge in [-0.2, -0.15) is 0 Å². The molecule has 116 valence electrons. The van der Waals surface area contributed by atoms with Crippen molar-refractivity contribution in [2.45, 2.75) is 13.8 Å². The second-order valence-corrected chi connectivity index (χ2v) is 4.24. The topological polar surface area (TPSA) is 90.6 Å². The van der Waals surface area contributed by atoms with E-state index in [1.165, 1.54) is 6.20 Å². The number of allylic oxidation sites excluding steroid dienone is 1. The number of hydrogen-bond donors (Lipinski definition) is 1. The molecule has 7 nitrogen and oxygen atoms in total. The number of carbonyl (C=O) groups is 1. The summed E-state index contributed by atoms with van der Waals surface area (Å²) in [4.78, 5) is 20.0. The van der Waals surface area contributed by atoms with E-state index in [-0.39, 0.29) is 0 Å². The van der Waals surface area contributed by atoms with E-state index >= 15 is 0 Å². The van der Waals surface area contributed by atoms with Crippen molar-refractivity contribution >= 4 is 17.9 Å². The summed E-state index contributed by atoms with van der Waals surface area (Å²) in [7, 11) is 0. The first-order valence-electron chi connectivity index (χ1n) is 6.82. The molecule has 0 radical (unpaired) electrons. The molecule has 0 saturated carbocycles. The minimum Gasteiger partial charge on any atom is -0.468 e. The van der Waals surface area contributed by atoms with Gasteiger partial charge in [-0.05, 0) is 19.9 Å². The highest BCUT2D eigenvalue weighted by molar-refractivity contribution is 5.58. The van der Waals surface area contributed by atoms with E-state index in [0.29, 0.717) is 18.9 Å². The van der Waals surface area contributed by atoms with Crippen LogP contribution in [-0.4, -0.2) is 49.4 Å². The minimum atomic E-state index is 0.431. The summed E-state index contributed by atoms with van der Waals surface area (Å²) in [6.45, 7) is 7.83. The first kappa shape index (κ1) is 16.9. The molecular formula is C14H22N4O3. The monoisotopic (exact) mass is 294 g/mol. The molecule has 7 heteroatoms. The van der Waals surface area contributed by atoms with Gasteiger partial charge in [0.15, 0.2) is 5.82 Å². The molecule has 21 heavy (non-hydrogen) atoms.